The number of anilines is 1. The van der Waals surface area contributed by atoms with Crippen LogP contribution in [0.15, 0.2) is 54.2 Å². The number of hydrogen-bond donors (Lipinski definition) is 3. The monoisotopic (exact) mass is 364 g/mol. The minimum Gasteiger partial charge on any atom is -0.454 e. The molecular weight excluding hydrogens is 348 g/mol. The molecule has 8 heteroatoms. The Hall–Kier alpha value is -3.99. The third-order valence-corrected chi connectivity index (χ3v) is 3.81. The Kier molecular flexibility index (Phi) is 5.23. The van der Waals surface area contributed by atoms with E-state index in [0.29, 0.717) is 22.7 Å². The zero-order chi connectivity index (χ0) is 19.2. The summed E-state index contributed by atoms with van der Waals surface area (Å²) in [6, 6.07) is 13.5. The molecule has 0 atom stereocenters. The molecule has 2 amide bonds. The van der Waals surface area contributed by atoms with Gasteiger partial charge in [0.15, 0.2) is 11.5 Å². The zero-order valence-electron chi connectivity index (χ0n) is 14.2. The van der Waals surface area contributed by atoms with E-state index in [2.05, 4.69) is 10.6 Å². The first kappa shape index (κ1) is 17.8. The van der Waals surface area contributed by atoms with Crippen LogP contribution in [0.25, 0.3) is 0 Å². The second-order valence-electron chi connectivity index (χ2n) is 5.63. The van der Waals surface area contributed by atoms with Crippen molar-refractivity contribution < 1.29 is 19.1 Å². The van der Waals surface area contributed by atoms with Crippen molar-refractivity contribution in [3.05, 3.63) is 65.4 Å². The lowest BCUT2D eigenvalue weighted by Crippen LogP contribution is -2.24. The van der Waals surface area contributed by atoms with Crippen LogP contribution in [0, 0.1) is 11.3 Å². The van der Waals surface area contributed by atoms with Gasteiger partial charge in [-0.25, -0.2) is 0 Å². The molecule has 0 spiro atoms. The number of amides is 2. The summed E-state index contributed by atoms with van der Waals surface area (Å²) >= 11 is 0. The maximum absolute atomic E-state index is 12.2. The smallest absolute Gasteiger partial charge is 0.263 e. The molecule has 27 heavy (non-hydrogen) atoms. The third kappa shape index (κ3) is 4.35. The normalized spacial score (nSPS) is 12.2. The lowest BCUT2D eigenvalue weighted by molar-refractivity contribution is -0.117. The predicted molar refractivity (Wildman–Crippen MR) is 96.7 cm³/mol. The van der Waals surface area contributed by atoms with Crippen LogP contribution in [0.3, 0.4) is 0 Å². The Balaban J connectivity index is 1.59. The minimum absolute atomic E-state index is 0.0882. The number of primary amides is 1. The highest BCUT2D eigenvalue weighted by atomic mass is 16.7. The van der Waals surface area contributed by atoms with Gasteiger partial charge in [-0.2, -0.15) is 5.26 Å². The molecule has 0 aromatic heterocycles. The molecule has 0 bridgehead atoms. The first-order chi connectivity index (χ1) is 13.1. The lowest BCUT2D eigenvalue weighted by Gasteiger charge is -2.06. The second-order valence-corrected chi connectivity index (χ2v) is 5.63. The Bertz CT molecular complexity index is 945. The molecule has 8 nitrogen and oxygen atoms in total. The largest absolute Gasteiger partial charge is 0.454 e. The summed E-state index contributed by atoms with van der Waals surface area (Å²) in [6.07, 6.45) is 1.30. The lowest BCUT2D eigenvalue weighted by atomic mass is 10.2. The number of nitrogens with two attached hydrogens (primary N) is 1. The number of benzene rings is 2. The molecule has 3 rings (SSSR count). The number of rotatable bonds is 6. The standard InChI is InChI=1S/C19H16N4O4/c20-8-14(10-22-15-4-2-13(3-5-15)18(21)24)19(25)23-9-12-1-6-16-17(7-12)27-11-26-16/h1-7,10,22H,9,11H2,(H2,21,24)(H,23,25)/b14-10-. The van der Waals surface area contributed by atoms with Crippen molar-refractivity contribution in [2.24, 2.45) is 5.73 Å². The van der Waals surface area contributed by atoms with Crippen LogP contribution >= 0.6 is 0 Å². The molecule has 0 aliphatic carbocycles. The van der Waals surface area contributed by atoms with Crippen LogP contribution in [0.1, 0.15) is 15.9 Å². The van der Waals surface area contributed by atoms with Crippen molar-refractivity contribution in [2.45, 2.75) is 6.54 Å². The molecule has 2 aromatic carbocycles. The predicted octanol–water partition coefficient (Wildman–Crippen LogP) is 1.65. The van der Waals surface area contributed by atoms with Gasteiger partial charge in [0.2, 0.25) is 12.7 Å². The molecule has 0 fully saturated rings. The molecule has 136 valence electrons. The van der Waals surface area contributed by atoms with Gasteiger partial charge in [0.25, 0.3) is 5.91 Å². The average molecular weight is 364 g/mol. The second kappa shape index (κ2) is 7.93. The van der Waals surface area contributed by atoms with Gasteiger partial charge in [-0.1, -0.05) is 6.07 Å². The van der Waals surface area contributed by atoms with Gasteiger partial charge >= 0.3 is 0 Å². The zero-order valence-corrected chi connectivity index (χ0v) is 14.2. The van der Waals surface area contributed by atoms with Gasteiger partial charge < -0.3 is 25.8 Å². The van der Waals surface area contributed by atoms with Crippen LogP contribution in [0.4, 0.5) is 5.69 Å². The Morgan fingerprint density at radius 3 is 2.59 bits per heavy atom. The van der Waals surface area contributed by atoms with Crippen molar-refractivity contribution >= 4 is 17.5 Å². The SMILES string of the molecule is N#C/C(=C/Nc1ccc(C(N)=O)cc1)C(=O)NCc1ccc2c(c1)OCO2. The fourth-order valence-corrected chi connectivity index (χ4v) is 2.36. The summed E-state index contributed by atoms with van der Waals surface area (Å²) in [5.41, 5.74) is 6.88. The van der Waals surface area contributed by atoms with Crippen molar-refractivity contribution in [1.82, 2.24) is 5.32 Å². The highest BCUT2D eigenvalue weighted by Gasteiger charge is 2.14. The summed E-state index contributed by atoms with van der Waals surface area (Å²) in [5, 5.41) is 14.7. The minimum atomic E-state index is -0.530. The number of carbonyl (C=O) groups is 2. The molecule has 4 N–H and O–H groups in total. The third-order valence-electron chi connectivity index (χ3n) is 3.81. The Morgan fingerprint density at radius 2 is 1.89 bits per heavy atom. The van der Waals surface area contributed by atoms with Gasteiger partial charge in [-0.15, -0.1) is 0 Å². The number of carbonyl (C=O) groups excluding carboxylic acids is 2. The molecule has 0 unspecified atom stereocenters. The summed E-state index contributed by atoms with van der Waals surface area (Å²) < 4.78 is 10.5. The van der Waals surface area contributed by atoms with Crippen molar-refractivity contribution in [3.63, 3.8) is 0 Å². The highest BCUT2D eigenvalue weighted by molar-refractivity contribution is 5.97. The van der Waals surface area contributed by atoms with Gasteiger partial charge in [0.05, 0.1) is 0 Å². The van der Waals surface area contributed by atoms with Crippen LogP contribution in [0.5, 0.6) is 11.5 Å². The summed E-state index contributed by atoms with van der Waals surface area (Å²) in [7, 11) is 0. The molecule has 1 heterocycles. The summed E-state index contributed by atoms with van der Waals surface area (Å²) in [4.78, 5) is 23.2. The Labute approximate surface area is 155 Å². The average Bonchev–Trinajstić information content (AvgIpc) is 3.15. The van der Waals surface area contributed by atoms with Gasteiger partial charge in [0, 0.05) is 24.0 Å². The maximum Gasteiger partial charge on any atom is 0.263 e. The van der Waals surface area contributed by atoms with E-state index in [-0.39, 0.29) is 18.9 Å². The topological polar surface area (TPSA) is 126 Å². The number of nitrogens with one attached hydrogen (secondary N) is 2. The van der Waals surface area contributed by atoms with E-state index in [0.717, 1.165) is 5.56 Å². The number of nitrogens with zero attached hydrogens (tertiary/aromatic N) is 1. The van der Waals surface area contributed by atoms with Gasteiger partial charge in [-0.3, -0.25) is 9.59 Å². The van der Waals surface area contributed by atoms with Gasteiger partial charge in [0.1, 0.15) is 11.6 Å². The molecule has 1 aliphatic rings. The number of nitriles is 1. The summed E-state index contributed by atoms with van der Waals surface area (Å²) in [6.45, 7) is 0.417. The number of fused-ring (bicyclic) bond motifs is 1. The first-order valence-corrected chi connectivity index (χ1v) is 8.00. The van der Waals surface area contributed by atoms with E-state index in [1.165, 1.54) is 6.20 Å². The van der Waals surface area contributed by atoms with E-state index in [4.69, 9.17) is 15.2 Å². The van der Waals surface area contributed by atoms with Crippen LogP contribution < -0.4 is 25.8 Å². The first-order valence-electron chi connectivity index (χ1n) is 8.00. The molecule has 0 radical (unpaired) electrons. The summed E-state index contributed by atoms with van der Waals surface area (Å²) in [5.74, 6) is 0.238. The van der Waals surface area contributed by atoms with Crippen molar-refractivity contribution in [2.75, 3.05) is 12.1 Å². The fraction of sp³-hybridized carbons (Fsp3) is 0.105. The molecule has 2 aromatic rings. The van der Waals surface area contributed by atoms with E-state index >= 15 is 0 Å². The van der Waals surface area contributed by atoms with Crippen molar-refractivity contribution in [1.29, 1.82) is 5.26 Å². The quantitative estimate of drug-likeness (QED) is 0.528. The molecule has 0 saturated carbocycles. The maximum atomic E-state index is 12.2. The van der Waals surface area contributed by atoms with Crippen LogP contribution in [-0.4, -0.2) is 18.6 Å². The van der Waals surface area contributed by atoms with Crippen LogP contribution in [-0.2, 0) is 11.3 Å². The molecular formula is C19H16N4O4. The van der Waals surface area contributed by atoms with Gasteiger partial charge in [-0.05, 0) is 42.0 Å². The van der Waals surface area contributed by atoms with E-state index in [1.807, 2.05) is 12.1 Å². The fourth-order valence-electron chi connectivity index (χ4n) is 2.36. The number of ether oxygens (including phenoxy) is 2. The highest BCUT2D eigenvalue weighted by Crippen LogP contribution is 2.32. The van der Waals surface area contributed by atoms with Crippen LogP contribution in [0.2, 0.25) is 0 Å². The van der Waals surface area contributed by atoms with E-state index in [1.54, 1.807) is 36.4 Å². The Morgan fingerprint density at radius 1 is 1.15 bits per heavy atom. The van der Waals surface area contributed by atoms with E-state index in [9.17, 15) is 14.9 Å². The molecule has 0 saturated heterocycles. The number of hydrogen-bond acceptors (Lipinski definition) is 6. The van der Waals surface area contributed by atoms with Crippen molar-refractivity contribution in [3.8, 4) is 17.6 Å². The van der Waals surface area contributed by atoms with E-state index < -0.39 is 11.8 Å². The molecule has 1 aliphatic heterocycles.